The van der Waals surface area contributed by atoms with Crippen LogP contribution in [0.3, 0.4) is 0 Å². The second-order valence-corrected chi connectivity index (χ2v) is 4.82. The summed E-state index contributed by atoms with van der Waals surface area (Å²) < 4.78 is 0.890. The summed E-state index contributed by atoms with van der Waals surface area (Å²) >= 11 is 9.40. The van der Waals surface area contributed by atoms with E-state index in [4.69, 9.17) is 22.6 Å². The van der Waals surface area contributed by atoms with Crippen LogP contribution in [0.1, 0.15) is 5.69 Å². The zero-order chi connectivity index (χ0) is 13.1. The smallest absolute Gasteiger partial charge is 0.165 e. The lowest BCUT2D eigenvalue weighted by atomic mass is 10.3. The fourth-order valence-corrected chi connectivity index (χ4v) is 2.08. The van der Waals surface area contributed by atoms with Crippen LogP contribution in [0.4, 0.5) is 17.2 Å². The summed E-state index contributed by atoms with van der Waals surface area (Å²) in [5.41, 5.74) is 6.85. The average molecular weight is 324 g/mol. The molecule has 0 fully saturated rings. The molecule has 0 aliphatic heterocycles. The van der Waals surface area contributed by atoms with Gasteiger partial charge in [0.1, 0.15) is 11.9 Å². The van der Waals surface area contributed by atoms with E-state index >= 15 is 0 Å². The van der Waals surface area contributed by atoms with Crippen LogP contribution in [0.25, 0.3) is 0 Å². The third-order valence-electron chi connectivity index (χ3n) is 2.23. The number of rotatable bonds is 2. The molecule has 0 spiro atoms. The van der Waals surface area contributed by atoms with E-state index in [1.807, 2.05) is 18.2 Å². The minimum absolute atomic E-state index is 0.188. The second-order valence-electron chi connectivity index (χ2n) is 3.50. The molecule has 6 heteroatoms. The summed E-state index contributed by atoms with van der Waals surface area (Å²) in [7, 11) is 0. The minimum atomic E-state index is 0.188. The van der Waals surface area contributed by atoms with Gasteiger partial charge in [0, 0.05) is 4.47 Å². The van der Waals surface area contributed by atoms with Gasteiger partial charge in [-0.3, -0.25) is 0 Å². The topological polar surface area (TPSA) is 74.7 Å². The first kappa shape index (κ1) is 12.7. The molecule has 1 aromatic heterocycles. The van der Waals surface area contributed by atoms with Gasteiger partial charge in [0.05, 0.1) is 16.4 Å². The molecule has 2 aromatic rings. The number of nitrogens with one attached hydrogen (secondary N) is 1. The van der Waals surface area contributed by atoms with E-state index in [1.165, 1.54) is 0 Å². The molecule has 4 nitrogen and oxygen atoms in total. The molecular weight excluding hydrogens is 316 g/mol. The Labute approximate surface area is 118 Å². The van der Waals surface area contributed by atoms with Gasteiger partial charge in [-0.2, -0.15) is 5.26 Å². The highest BCUT2D eigenvalue weighted by Gasteiger charge is 2.05. The van der Waals surface area contributed by atoms with E-state index in [-0.39, 0.29) is 5.69 Å². The molecule has 1 aromatic carbocycles. The Bertz CT molecular complexity index is 636. The van der Waals surface area contributed by atoms with E-state index < -0.39 is 0 Å². The molecule has 0 saturated heterocycles. The maximum Gasteiger partial charge on any atom is 0.165 e. The summed E-state index contributed by atoms with van der Waals surface area (Å²) in [6, 6.07) is 10.7. The van der Waals surface area contributed by atoms with Gasteiger partial charge in [-0.25, -0.2) is 4.98 Å². The summed E-state index contributed by atoms with van der Waals surface area (Å²) in [5, 5.41) is 12.4. The molecule has 3 N–H and O–H groups in total. The summed E-state index contributed by atoms with van der Waals surface area (Å²) in [4.78, 5) is 4.08. The van der Waals surface area contributed by atoms with Gasteiger partial charge in [-0.15, -0.1) is 0 Å². The van der Waals surface area contributed by atoms with E-state index in [0.29, 0.717) is 22.2 Å². The minimum Gasteiger partial charge on any atom is -0.396 e. The van der Waals surface area contributed by atoms with Crippen LogP contribution in [0, 0.1) is 11.3 Å². The molecule has 0 saturated carbocycles. The van der Waals surface area contributed by atoms with Crippen molar-refractivity contribution in [3.63, 3.8) is 0 Å². The van der Waals surface area contributed by atoms with Crippen molar-refractivity contribution in [2.75, 3.05) is 11.1 Å². The van der Waals surface area contributed by atoms with E-state index in [2.05, 4.69) is 26.2 Å². The number of nitrogen functional groups attached to an aromatic ring is 1. The Morgan fingerprint density at radius 3 is 2.78 bits per heavy atom. The van der Waals surface area contributed by atoms with Gasteiger partial charge in [0.2, 0.25) is 0 Å². The largest absolute Gasteiger partial charge is 0.396 e. The van der Waals surface area contributed by atoms with Crippen molar-refractivity contribution in [2.45, 2.75) is 0 Å². The predicted octanol–water partition coefficient (Wildman–Crippen LogP) is 3.69. The first-order chi connectivity index (χ1) is 8.60. The number of hydrogen-bond acceptors (Lipinski definition) is 4. The fraction of sp³-hybridized carbons (Fsp3) is 0. The summed E-state index contributed by atoms with van der Waals surface area (Å²) in [5.74, 6) is 0.518. The maximum absolute atomic E-state index is 8.85. The predicted molar refractivity (Wildman–Crippen MR) is 75.8 cm³/mol. The first-order valence-corrected chi connectivity index (χ1v) is 6.16. The third-order valence-corrected chi connectivity index (χ3v) is 3.03. The number of nitriles is 1. The number of nitrogens with zero attached hydrogens (tertiary/aromatic N) is 2. The molecule has 0 unspecified atom stereocenters. The Morgan fingerprint density at radius 2 is 2.11 bits per heavy atom. The quantitative estimate of drug-likeness (QED) is 0.883. The van der Waals surface area contributed by atoms with Gasteiger partial charge >= 0.3 is 0 Å². The highest BCUT2D eigenvalue weighted by molar-refractivity contribution is 9.10. The number of halogens is 2. The molecule has 2 rings (SSSR count). The van der Waals surface area contributed by atoms with E-state index in [9.17, 15) is 0 Å². The van der Waals surface area contributed by atoms with Crippen LogP contribution in [-0.2, 0) is 0 Å². The number of benzene rings is 1. The van der Waals surface area contributed by atoms with Crippen molar-refractivity contribution in [3.05, 3.63) is 45.5 Å². The van der Waals surface area contributed by atoms with Crippen molar-refractivity contribution in [2.24, 2.45) is 0 Å². The lowest BCUT2D eigenvalue weighted by Crippen LogP contribution is -1.99. The molecule has 0 aliphatic carbocycles. The molecule has 18 heavy (non-hydrogen) atoms. The molecule has 0 radical (unpaired) electrons. The van der Waals surface area contributed by atoms with Crippen molar-refractivity contribution in [3.8, 4) is 6.07 Å². The standard InChI is InChI=1S/C12H8BrClN4/c13-7-1-3-10(8(14)5-7)17-12-4-2-9(16)11(6-15)18-12/h1-5H,16H2,(H,17,18). The van der Waals surface area contributed by atoms with Crippen molar-refractivity contribution >= 4 is 44.7 Å². The summed E-state index contributed by atoms with van der Waals surface area (Å²) in [6.07, 6.45) is 0. The number of aromatic nitrogens is 1. The van der Waals surface area contributed by atoms with Crippen molar-refractivity contribution < 1.29 is 0 Å². The number of nitrogens with two attached hydrogens (primary N) is 1. The Hall–Kier alpha value is -1.77. The highest BCUT2D eigenvalue weighted by Crippen LogP contribution is 2.28. The van der Waals surface area contributed by atoms with E-state index in [0.717, 1.165) is 4.47 Å². The van der Waals surface area contributed by atoms with Crippen molar-refractivity contribution in [1.82, 2.24) is 4.98 Å². The zero-order valence-corrected chi connectivity index (χ0v) is 11.5. The van der Waals surface area contributed by atoms with Crippen LogP contribution in [0.2, 0.25) is 5.02 Å². The van der Waals surface area contributed by atoms with Crippen LogP contribution in [0.15, 0.2) is 34.8 Å². The Balaban J connectivity index is 2.32. The normalized spacial score (nSPS) is 9.83. The number of hydrogen-bond donors (Lipinski definition) is 2. The molecular formula is C12H8BrClN4. The lowest BCUT2D eigenvalue weighted by Gasteiger charge is -2.08. The molecule has 0 atom stereocenters. The molecule has 0 bridgehead atoms. The van der Waals surface area contributed by atoms with E-state index in [1.54, 1.807) is 18.2 Å². The lowest BCUT2D eigenvalue weighted by molar-refractivity contribution is 1.26. The van der Waals surface area contributed by atoms with Crippen LogP contribution in [0.5, 0.6) is 0 Å². The van der Waals surface area contributed by atoms with Gasteiger partial charge in [0.15, 0.2) is 5.69 Å². The Morgan fingerprint density at radius 1 is 1.33 bits per heavy atom. The van der Waals surface area contributed by atoms with Crippen LogP contribution in [-0.4, -0.2) is 4.98 Å². The zero-order valence-electron chi connectivity index (χ0n) is 9.11. The van der Waals surface area contributed by atoms with Crippen molar-refractivity contribution in [1.29, 1.82) is 5.26 Å². The Kier molecular flexibility index (Phi) is 3.70. The summed E-state index contributed by atoms with van der Waals surface area (Å²) in [6.45, 7) is 0. The average Bonchev–Trinajstić information content (AvgIpc) is 2.35. The molecule has 0 aliphatic rings. The van der Waals surface area contributed by atoms with Crippen LogP contribution < -0.4 is 11.1 Å². The number of pyridine rings is 1. The number of anilines is 3. The van der Waals surface area contributed by atoms with Gasteiger partial charge in [-0.1, -0.05) is 27.5 Å². The van der Waals surface area contributed by atoms with Gasteiger partial charge in [0.25, 0.3) is 0 Å². The fourth-order valence-electron chi connectivity index (χ4n) is 1.36. The first-order valence-electron chi connectivity index (χ1n) is 4.99. The third kappa shape index (κ3) is 2.73. The van der Waals surface area contributed by atoms with Crippen LogP contribution >= 0.6 is 27.5 Å². The SMILES string of the molecule is N#Cc1nc(Nc2ccc(Br)cc2Cl)ccc1N. The second kappa shape index (κ2) is 5.25. The van der Waals surface area contributed by atoms with Gasteiger partial charge in [-0.05, 0) is 30.3 Å². The van der Waals surface area contributed by atoms with Gasteiger partial charge < -0.3 is 11.1 Å². The molecule has 90 valence electrons. The molecule has 1 heterocycles. The molecule has 0 amide bonds. The maximum atomic E-state index is 8.85. The monoisotopic (exact) mass is 322 g/mol. The highest BCUT2D eigenvalue weighted by atomic mass is 79.9.